The predicted molar refractivity (Wildman–Crippen MR) is 84.3 cm³/mol. The Labute approximate surface area is 135 Å². The number of quaternary nitrogens is 1. The molecule has 1 aliphatic heterocycles. The number of furan rings is 1. The maximum Gasteiger partial charge on any atom is 0.257 e. The molecule has 124 valence electrons. The second-order valence-electron chi connectivity index (χ2n) is 6.20. The zero-order chi connectivity index (χ0) is 16.2. The van der Waals surface area contributed by atoms with Crippen molar-refractivity contribution in [3.8, 4) is 0 Å². The summed E-state index contributed by atoms with van der Waals surface area (Å²) in [5.74, 6) is 1.36. The molecule has 23 heavy (non-hydrogen) atoms. The highest BCUT2D eigenvalue weighted by atomic mass is 16.5. The van der Waals surface area contributed by atoms with Crippen LogP contribution in [0.15, 0.2) is 27.3 Å². The van der Waals surface area contributed by atoms with Gasteiger partial charge in [-0.05, 0) is 45.2 Å². The molecule has 1 aliphatic rings. The number of piperidine rings is 1. The number of nitrogens with zero attached hydrogens (tertiary/aromatic N) is 1. The van der Waals surface area contributed by atoms with E-state index in [-0.39, 0.29) is 11.9 Å². The average molecular weight is 318 g/mol. The van der Waals surface area contributed by atoms with E-state index < -0.39 is 0 Å². The molecule has 0 aromatic carbocycles. The van der Waals surface area contributed by atoms with E-state index in [0.29, 0.717) is 23.6 Å². The number of hydrogen-bond donors (Lipinski definition) is 2. The summed E-state index contributed by atoms with van der Waals surface area (Å²) in [7, 11) is 0. The van der Waals surface area contributed by atoms with Gasteiger partial charge in [0.25, 0.3) is 5.91 Å². The molecule has 1 atom stereocenters. The molecule has 0 spiro atoms. The van der Waals surface area contributed by atoms with Gasteiger partial charge in [0.1, 0.15) is 11.3 Å². The number of hydrogen-bond acceptors (Lipinski definition) is 4. The van der Waals surface area contributed by atoms with Gasteiger partial charge in [0.2, 0.25) is 0 Å². The summed E-state index contributed by atoms with van der Waals surface area (Å²) in [6.45, 7) is 6.32. The first-order chi connectivity index (χ1) is 11.2. The molecule has 1 amide bonds. The standard InChI is InChI=1S/C17H23N3O3/c1-12-16(13(2)23-19-12)17(21)18-11-14(15-7-6-10-22-15)20-8-4-3-5-9-20/h6-7,10,14H,3-5,8-9,11H2,1-2H3,(H,18,21)/p+1/t14-/m1/s1. The van der Waals surface area contributed by atoms with Gasteiger partial charge in [-0.2, -0.15) is 0 Å². The van der Waals surface area contributed by atoms with E-state index in [1.807, 2.05) is 12.1 Å². The van der Waals surface area contributed by atoms with E-state index in [0.717, 1.165) is 18.8 Å². The molecule has 2 N–H and O–H groups in total. The first-order valence-electron chi connectivity index (χ1n) is 8.26. The number of aromatic nitrogens is 1. The van der Waals surface area contributed by atoms with Crippen molar-refractivity contribution >= 4 is 5.91 Å². The third-order valence-electron chi connectivity index (χ3n) is 4.60. The molecule has 1 fully saturated rings. The maximum absolute atomic E-state index is 12.5. The summed E-state index contributed by atoms with van der Waals surface area (Å²) >= 11 is 0. The zero-order valence-electron chi connectivity index (χ0n) is 13.7. The van der Waals surface area contributed by atoms with Crippen LogP contribution in [0.2, 0.25) is 0 Å². The highest BCUT2D eigenvalue weighted by molar-refractivity contribution is 5.96. The SMILES string of the molecule is Cc1noc(C)c1C(=O)NC[C@H](c1ccco1)[NH+]1CCCCC1. The number of nitrogens with one attached hydrogen (secondary N) is 2. The largest absolute Gasteiger partial charge is 0.463 e. The second kappa shape index (κ2) is 7.00. The van der Waals surface area contributed by atoms with Crippen LogP contribution in [0.25, 0.3) is 0 Å². The van der Waals surface area contributed by atoms with E-state index in [4.69, 9.17) is 8.94 Å². The van der Waals surface area contributed by atoms with Crippen molar-refractivity contribution in [3.05, 3.63) is 41.2 Å². The van der Waals surface area contributed by atoms with Crippen molar-refractivity contribution in [2.24, 2.45) is 0 Å². The van der Waals surface area contributed by atoms with Gasteiger partial charge in [0.05, 0.1) is 31.6 Å². The smallest absolute Gasteiger partial charge is 0.257 e. The average Bonchev–Trinajstić information content (AvgIpc) is 3.19. The van der Waals surface area contributed by atoms with Gasteiger partial charge >= 0.3 is 0 Å². The van der Waals surface area contributed by atoms with Crippen molar-refractivity contribution in [1.29, 1.82) is 0 Å². The van der Waals surface area contributed by atoms with Crippen LogP contribution >= 0.6 is 0 Å². The molecule has 0 saturated carbocycles. The highest BCUT2D eigenvalue weighted by Gasteiger charge is 2.29. The van der Waals surface area contributed by atoms with E-state index in [1.165, 1.54) is 24.2 Å². The molecule has 0 bridgehead atoms. The molecule has 1 saturated heterocycles. The maximum atomic E-state index is 12.5. The van der Waals surface area contributed by atoms with E-state index in [2.05, 4.69) is 10.5 Å². The number of carbonyl (C=O) groups excluding carboxylic acids is 1. The Morgan fingerprint density at radius 3 is 2.74 bits per heavy atom. The summed E-state index contributed by atoms with van der Waals surface area (Å²) in [5, 5.41) is 6.88. The van der Waals surface area contributed by atoms with Gasteiger partial charge in [0, 0.05) is 0 Å². The molecule has 3 heterocycles. The first-order valence-corrected chi connectivity index (χ1v) is 8.26. The van der Waals surface area contributed by atoms with E-state index in [1.54, 1.807) is 20.1 Å². The number of likely N-dealkylation sites (tertiary alicyclic amines) is 1. The number of amides is 1. The summed E-state index contributed by atoms with van der Waals surface area (Å²) in [6, 6.07) is 4.05. The molecule has 0 aliphatic carbocycles. The van der Waals surface area contributed by atoms with Gasteiger partial charge in [-0.15, -0.1) is 0 Å². The molecule has 6 nitrogen and oxygen atoms in total. The lowest BCUT2D eigenvalue weighted by atomic mass is 10.1. The zero-order valence-corrected chi connectivity index (χ0v) is 13.7. The van der Waals surface area contributed by atoms with Crippen LogP contribution in [-0.2, 0) is 0 Å². The summed E-state index contributed by atoms with van der Waals surface area (Å²) in [6.07, 6.45) is 5.44. The molecule has 2 aromatic rings. The fourth-order valence-electron chi connectivity index (χ4n) is 3.38. The second-order valence-corrected chi connectivity index (χ2v) is 6.20. The Morgan fingerprint density at radius 1 is 1.35 bits per heavy atom. The van der Waals surface area contributed by atoms with Gasteiger partial charge < -0.3 is 19.2 Å². The van der Waals surface area contributed by atoms with Crippen molar-refractivity contribution in [1.82, 2.24) is 10.5 Å². The van der Waals surface area contributed by atoms with Gasteiger partial charge in [-0.25, -0.2) is 0 Å². The minimum absolute atomic E-state index is 0.130. The Balaban J connectivity index is 1.70. The van der Waals surface area contributed by atoms with Gasteiger partial charge in [-0.1, -0.05) is 5.16 Å². The predicted octanol–water partition coefficient (Wildman–Crippen LogP) is 1.42. The van der Waals surface area contributed by atoms with Crippen molar-refractivity contribution < 1.29 is 18.6 Å². The minimum Gasteiger partial charge on any atom is -0.463 e. The van der Waals surface area contributed by atoms with Crippen LogP contribution in [0, 0.1) is 13.8 Å². The van der Waals surface area contributed by atoms with Crippen LogP contribution in [0.1, 0.15) is 52.9 Å². The topological polar surface area (TPSA) is 72.7 Å². The fraction of sp³-hybridized carbons (Fsp3) is 0.529. The minimum atomic E-state index is -0.130. The third kappa shape index (κ3) is 3.47. The monoisotopic (exact) mass is 318 g/mol. The van der Waals surface area contributed by atoms with Crippen molar-refractivity contribution in [2.45, 2.75) is 39.2 Å². The van der Waals surface area contributed by atoms with Crippen molar-refractivity contribution in [2.75, 3.05) is 19.6 Å². The lowest BCUT2D eigenvalue weighted by molar-refractivity contribution is -0.936. The number of carbonyl (C=O) groups is 1. The fourth-order valence-corrected chi connectivity index (χ4v) is 3.38. The van der Waals surface area contributed by atoms with Crippen LogP contribution in [0.5, 0.6) is 0 Å². The normalized spacial score (nSPS) is 17.1. The molecule has 0 unspecified atom stereocenters. The van der Waals surface area contributed by atoms with E-state index >= 15 is 0 Å². The van der Waals surface area contributed by atoms with Crippen LogP contribution in [-0.4, -0.2) is 30.7 Å². The van der Waals surface area contributed by atoms with E-state index in [9.17, 15) is 4.79 Å². The summed E-state index contributed by atoms with van der Waals surface area (Å²) in [5.41, 5.74) is 1.16. The molecule has 2 aromatic heterocycles. The molecule has 6 heteroatoms. The lowest BCUT2D eigenvalue weighted by Gasteiger charge is -2.30. The van der Waals surface area contributed by atoms with Crippen LogP contribution in [0.3, 0.4) is 0 Å². The third-order valence-corrected chi connectivity index (χ3v) is 4.60. The highest BCUT2D eigenvalue weighted by Crippen LogP contribution is 2.14. The van der Waals surface area contributed by atoms with Crippen molar-refractivity contribution in [3.63, 3.8) is 0 Å². The Kier molecular flexibility index (Phi) is 4.81. The van der Waals surface area contributed by atoms with Gasteiger partial charge in [-0.3, -0.25) is 4.79 Å². The van der Waals surface area contributed by atoms with Crippen LogP contribution < -0.4 is 10.2 Å². The Hall–Kier alpha value is -2.08. The lowest BCUT2D eigenvalue weighted by Crippen LogP contribution is -3.13. The summed E-state index contributed by atoms with van der Waals surface area (Å²) in [4.78, 5) is 13.9. The van der Waals surface area contributed by atoms with Gasteiger partial charge in [0.15, 0.2) is 11.8 Å². The van der Waals surface area contributed by atoms with Crippen LogP contribution in [0.4, 0.5) is 0 Å². The number of rotatable bonds is 5. The molecular formula is C17H24N3O3+. The Bertz CT molecular complexity index is 623. The summed E-state index contributed by atoms with van der Waals surface area (Å²) < 4.78 is 10.7. The number of aryl methyl sites for hydroxylation is 2. The molecular weight excluding hydrogens is 294 g/mol. The molecule has 0 radical (unpaired) electrons. The molecule has 3 rings (SSSR count). The quantitative estimate of drug-likeness (QED) is 0.874. The Morgan fingerprint density at radius 2 is 2.13 bits per heavy atom. The first kappa shape index (κ1) is 15.8.